The predicted molar refractivity (Wildman–Crippen MR) is 109 cm³/mol. The third-order valence-corrected chi connectivity index (χ3v) is 4.59. The highest BCUT2D eigenvalue weighted by atomic mass is 16.2. The standard InChI is InChI=1S/C21H28N4O2/c1-6-13(2)20(25-19-9-7-8-14(3)23-19)17-12-16(21(27)22-5)10-11-18(17)24-15(4)26/h7-13,20H,6H2,1-5H3,(H,22,27)(H,23,25)(H,24,26). The zero-order valence-corrected chi connectivity index (χ0v) is 16.6. The summed E-state index contributed by atoms with van der Waals surface area (Å²) in [5, 5.41) is 9.02. The van der Waals surface area contributed by atoms with E-state index in [9.17, 15) is 9.59 Å². The van der Waals surface area contributed by atoms with Crippen molar-refractivity contribution < 1.29 is 9.59 Å². The number of benzene rings is 1. The smallest absolute Gasteiger partial charge is 0.251 e. The number of rotatable bonds is 7. The monoisotopic (exact) mass is 368 g/mol. The van der Waals surface area contributed by atoms with Gasteiger partial charge in [-0.25, -0.2) is 4.98 Å². The van der Waals surface area contributed by atoms with Crippen molar-refractivity contribution in [3.8, 4) is 0 Å². The molecule has 3 N–H and O–H groups in total. The van der Waals surface area contributed by atoms with Gasteiger partial charge in [-0.2, -0.15) is 0 Å². The summed E-state index contributed by atoms with van der Waals surface area (Å²) in [5.41, 5.74) is 3.03. The van der Waals surface area contributed by atoms with Crippen molar-refractivity contribution in [2.24, 2.45) is 5.92 Å². The first kappa shape index (κ1) is 20.4. The van der Waals surface area contributed by atoms with Crippen LogP contribution in [0.3, 0.4) is 0 Å². The van der Waals surface area contributed by atoms with Crippen LogP contribution in [-0.4, -0.2) is 23.8 Å². The van der Waals surface area contributed by atoms with Crippen molar-refractivity contribution in [1.82, 2.24) is 10.3 Å². The minimum atomic E-state index is -0.165. The number of carbonyl (C=O) groups is 2. The zero-order chi connectivity index (χ0) is 20.0. The second kappa shape index (κ2) is 9.16. The molecule has 0 bridgehead atoms. The second-order valence-corrected chi connectivity index (χ2v) is 6.73. The van der Waals surface area contributed by atoms with Crippen LogP contribution in [0.2, 0.25) is 0 Å². The van der Waals surface area contributed by atoms with Crippen molar-refractivity contribution in [1.29, 1.82) is 0 Å². The van der Waals surface area contributed by atoms with Crippen LogP contribution in [0, 0.1) is 12.8 Å². The van der Waals surface area contributed by atoms with Gasteiger partial charge in [-0.1, -0.05) is 26.3 Å². The van der Waals surface area contributed by atoms with Crippen LogP contribution in [-0.2, 0) is 4.79 Å². The van der Waals surface area contributed by atoms with E-state index in [2.05, 4.69) is 34.8 Å². The van der Waals surface area contributed by atoms with Gasteiger partial charge in [-0.05, 0) is 48.7 Å². The first-order chi connectivity index (χ1) is 12.8. The fourth-order valence-electron chi connectivity index (χ4n) is 2.95. The van der Waals surface area contributed by atoms with Crippen LogP contribution in [0.25, 0.3) is 0 Å². The molecule has 1 heterocycles. The molecule has 0 saturated carbocycles. The number of nitrogens with zero attached hydrogens (tertiary/aromatic N) is 1. The summed E-state index contributed by atoms with van der Waals surface area (Å²) in [6.45, 7) is 7.67. The Morgan fingerprint density at radius 3 is 2.52 bits per heavy atom. The maximum absolute atomic E-state index is 12.1. The molecule has 0 spiro atoms. The SMILES string of the molecule is CCC(C)C(Nc1cccc(C)n1)c1cc(C(=O)NC)ccc1NC(C)=O. The molecule has 2 amide bonds. The lowest BCUT2D eigenvalue weighted by Crippen LogP contribution is -2.23. The van der Waals surface area contributed by atoms with Gasteiger partial charge in [0.2, 0.25) is 5.91 Å². The molecule has 0 saturated heterocycles. The Morgan fingerprint density at radius 2 is 1.93 bits per heavy atom. The topological polar surface area (TPSA) is 83.1 Å². The average molecular weight is 368 g/mol. The van der Waals surface area contributed by atoms with Crippen molar-refractivity contribution in [3.63, 3.8) is 0 Å². The van der Waals surface area contributed by atoms with Gasteiger partial charge in [0.1, 0.15) is 5.82 Å². The van der Waals surface area contributed by atoms with Crippen LogP contribution >= 0.6 is 0 Å². The molecule has 1 aromatic heterocycles. The number of anilines is 2. The van der Waals surface area contributed by atoms with E-state index >= 15 is 0 Å². The molecule has 2 aromatic rings. The Labute approximate surface area is 160 Å². The van der Waals surface area contributed by atoms with Crippen LogP contribution in [0.5, 0.6) is 0 Å². The summed E-state index contributed by atoms with van der Waals surface area (Å²) in [6, 6.07) is 11.0. The first-order valence-electron chi connectivity index (χ1n) is 9.19. The number of hydrogen-bond donors (Lipinski definition) is 3. The number of pyridine rings is 1. The van der Waals surface area contributed by atoms with Gasteiger partial charge in [-0.15, -0.1) is 0 Å². The van der Waals surface area contributed by atoms with Gasteiger partial charge in [0, 0.05) is 30.9 Å². The Bertz CT molecular complexity index is 820. The lowest BCUT2D eigenvalue weighted by molar-refractivity contribution is -0.114. The normalized spacial score (nSPS) is 12.8. The Morgan fingerprint density at radius 1 is 1.19 bits per heavy atom. The minimum absolute atomic E-state index is 0.115. The quantitative estimate of drug-likeness (QED) is 0.692. The van der Waals surface area contributed by atoms with E-state index < -0.39 is 0 Å². The maximum atomic E-state index is 12.1. The predicted octanol–water partition coefficient (Wildman–Crippen LogP) is 3.91. The Balaban J connectivity index is 2.53. The van der Waals surface area contributed by atoms with Crippen molar-refractivity contribution in [2.45, 2.75) is 40.2 Å². The number of amides is 2. The lowest BCUT2D eigenvalue weighted by Gasteiger charge is -2.28. The first-order valence-corrected chi connectivity index (χ1v) is 9.19. The van der Waals surface area contributed by atoms with Crippen molar-refractivity contribution in [2.75, 3.05) is 17.7 Å². The number of aryl methyl sites for hydroxylation is 1. The van der Waals surface area contributed by atoms with E-state index in [0.29, 0.717) is 11.3 Å². The Hall–Kier alpha value is -2.89. The number of hydrogen-bond acceptors (Lipinski definition) is 4. The summed E-state index contributed by atoms with van der Waals surface area (Å²) in [7, 11) is 1.60. The fourth-order valence-corrected chi connectivity index (χ4v) is 2.95. The van der Waals surface area contributed by atoms with Gasteiger partial charge in [0.25, 0.3) is 5.91 Å². The second-order valence-electron chi connectivity index (χ2n) is 6.73. The molecule has 0 radical (unpaired) electrons. The van der Waals surface area contributed by atoms with E-state index in [0.717, 1.165) is 23.5 Å². The Kier molecular flexibility index (Phi) is 6.93. The summed E-state index contributed by atoms with van der Waals surface area (Å²) in [6.07, 6.45) is 0.924. The van der Waals surface area contributed by atoms with Gasteiger partial charge >= 0.3 is 0 Å². The average Bonchev–Trinajstić information content (AvgIpc) is 2.65. The van der Waals surface area contributed by atoms with Gasteiger partial charge in [-0.3, -0.25) is 9.59 Å². The van der Waals surface area contributed by atoms with Crippen LogP contribution in [0.15, 0.2) is 36.4 Å². The molecule has 0 aliphatic heterocycles. The molecule has 27 heavy (non-hydrogen) atoms. The molecule has 0 aliphatic carbocycles. The molecule has 6 heteroatoms. The molecular formula is C21H28N4O2. The molecule has 1 aromatic carbocycles. The van der Waals surface area contributed by atoms with Crippen molar-refractivity contribution >= 4 is 23.3 Å². The molecule has 6 nitrogen and oxygen atoms in total. The lowest BCUT2D eigenvalue weighted by atomic mass is 9.90. The maximum Gasteiger partial charge on any atom is 0.251 e. The summed E-state index contributed by atoms with van der Waals surface area (Å²) < 4.78 is 0. The third-order valence-electron chi connectivity index (χ3n) is 4.59. The largest absolute Gasteiger partial charge is 0.363 e. The van der Waals surface area contributed by atoms with E-state index in [4.69, 9.17) is 0 Å². The summed E-state index contributed by atoms with van der Waals surface area (Å²) in [4.78, 5) is 28.4. The van der Waals surface area contributed by atoms with Crippen LogP contribution in [0.4, 0.5) is 11.5 Å². The number of carbonyl (C=O) groups excluding carboxylic acids is 2. The molecule has 0 fully saturated rings. The molecular weight excluding hydrogens is 340 g/mol. The van der Waals surface area contributed by atoms with Gasteiger partial charge in [0.15, 0.2) is 0 Å². The third kappa shape index (κ3) is 5.29. The highest BCUT2D eigenvalue weighted by molar-refractivity contribution is 5.96. The van der Waals surface area contributed by atoms with E-state index in [1.807, 2.05) is 31.2 Å². The van der Waals surface area contributed by atoms with Gasteiger partial charge < -0.3 is 16.0 Å². The highest BCUT2D eigenvalue weighted by Gasteiger charge is 2.23. The van der Waals surface area contributed by atoms with Gasteiger partial charge in [0.05, 0.1) is 6.04 Å². The van der Waals surface area contributed by atoms with Crippen LogP contribution in [0.1, 0.15) is 54.8 Å². The van der Waals surface area contributed by atoms with E-state index in [1.165, 1.54) is 6.92 Å². The van der Waals surface area contributed by atoms with E-state index in [1.54, 1.807) is 19.2 Å². The summed E-state index contributed by atoms with van der Waals surface area (Å²) in [5.74, 6) is 0.696. The zero-order valence-electron chi connectivity index (χ0n) is 16.6. The molecule has 2 rings (SSSR count). The van der Waals surface area contributed by atoms with E-state index in [-0.39, 0.29) is 23.8 Å². The number of aromatic nitrogens is 1. The molecule has 2 unspecified atom stereocenters. The molecule has 144 valence electrons. The molecule has 2 atom stereocenters. The number of nitrogens with one attached hydrogen (secondary N) is 3. The highest BCUT2D eigenvalue weighted by Crippen LogP contribution is 2.34. The van der Waals surface area contributed by atoms with Crippen LogP contribution < -0.4 is 16.0 Å². The van der Waals surface area contributed by atoms with Crippen molar-refractivity contribution in [3.05, 3.63) is 53.2 Å². The fraction of sp³-hybridized carbons (Fsp3) is 0.381. The minimum Gasteiger partial charge on any atom is -0.363 e. The summed E-state index contributed by atoms with van der Waals surface area (Å²) >= 11 is 0. The molecule has 0 aliphatic rings.